The lowest BCUT2D eigenvalue weighted by Gasteiger charge is -2.13. The van der Waals surface area contributed by atoms with Gasteiger partial charge in [0.05, 0.1) is 5.69 Å². The molecule has 1 aromatic heterocycles. The Bertz CT molecular complexity index is 1170. The Morgan fingerprint density at radius 2 is 1.00 bits per heavy atom. The van der Waals surface area contributed by atoms with Crippen LogP contribution in [-0.4, -0.2) is 20.1 Å². The Hall–Kier alpha value is -3.92. The number of aromatic nitrogens is 3. The third kappa shape index (κ3) is 2.81. The van der Waals surface area contributed by atoms with Crippen molar-refractivity contribution >= 4 is 11.0 Å². The summed E-state index contributed by atoms with van der Waals surface area (Å²) in [5.74, 6) is 0.248. The number of phenols is 1. The highest BCUT2D eigenvalue weighted by Crippen LogP contribution is 2.40. The molecule has 0 aliphatic rings. The van der Waals surface area contributed by atoms with Crippen molar-refractivity contribution in [2.24, 2.45) is 0 Å². The van der Waals surface area contributed by atoms with Crippen LogP contribution in [-0.2, 0) is 0 Å². The third-order valence-electron chi connectivity index (χ3n) is 4.78. The molecule has 0 spiro atoms. The van der Waals surface area contributed by atoms with Gasteiger partial charge in [-0.3, -0.25) is 0 Å². The van der Waals surface area contributed by atoms with Crippen molar-refractivity contribution in [2.45, 2.75) is 0 Å². The van der Waals surface area contributed by atoms with Gasteiger partial charge in [-0.15, -0.1) is 10.2 Å². The van der Waals surface area contributed by atoms with E-state index in [2.05, 4.69) is 10.2 Å². The van der Waals surface area contributed by atoms with Crippen LogP contribution >= 0.6 is 0 Å². The topological polar surface area (TPSA) is 50.9 Å². The molecule has 0 bridgehead atoms. The maximum Gasteiger partial charge on any atom is 0.131 e. The van der Waals surface area contributed by atoms with Gasteiger partial charge in [0.25, 0.3) is 0 Å². The number of hydrogen-bond donors (Lipinski definition) is 1. The van der Waals surface area contributed by atoms with Crippen molar-refractivity contribution in [3.63, 3.8) is 0 Å². The molecule has 4 nitrogen and oxygen atoms in total. The van der Waals surface area contributed by atoms with Crippen LogP contribution in [0.3, 0.4) is 0 Å². The van der Waals surface area contributed by atoms with E-state index in [1.165, 1.54) is 0 Å². The molecule has 0 atom stereocenters. The average molecular weight is 363 g/mol. The Morgan fingerprint density at radius 3 is 1.46 bits per heavy atom. The van der Waals surface area contributed by atoms with Gasteiger partial charge in [0.2, 0.25) is 0 Å². The lowest BCUT2D eigenvalue weighted by Crippen LogP contribution is -2.00. The fourth-order valence-electron chi connectivity index (χ4n) is 3.39. The summed E-state index contributed by atoms with van der Waals surface area (Å²) in [6.45, 7) is 0. The standard InChI is InChI=1S/C24H17N3O/c28-24-20(17-9-3-1-4-10-17)15-19(16-21(24)18-11-5-2-6-12-18)27-25-22-13-7-8-14-23(22)26-27/h1-16,28H. The molecule has 0 saturated carbocycles. The Kier molecular flexibility index (Phi) is 3.87. The quantitative estimate of drug-likeness (QED) is 0.463. The molecule has 5 rings (SSSR count). The average Bonchev–Trinajstić information content (AvgIpc) is 3.19. The first-order valence-electron chi connectivity index (χ1n) is 9.10. The van der Waals surface area contributed by atoms with E-state index in [1.807, 2.05) is 97.1 Å². The van der Waals surface area contributed by atoms with Crippen molar-refractivity contribution in [3.05, 3.63) is 97.1 Å². The molecule has 1 heterocycles. The van der Waals surface area contributed by atoms with E-state index in [4.69, 9.17) is 0 Å². The van der Waals surface area contributed by atoms with Gasteiger partial charge < -0.3 is 5.11 Å². The first-order chi connectivity index (χ1) is 13.8. The summed E-state index contributed by atoms with van der Waals surface area (Å²) in [6.07, 6.45) is 0. The molecule has 0 radical (unpaired) electrons. The van der Waals surface area contributed by atoms with Gasteiger partial charge in [-0.25, -0.2) is 0 Å². The Morgan fingerprint density at radius 1 is 0.571 bits per heavy atom. The predicted octanol–water partition coefficient (Wildman–Crippen LogP) is 5.46. The van der Waals surface area contributed by atoms with E-state index < -0.39 is 0 Å². The predicted molar refractivity (Wildman–Crippen MR) is 111 cm³/mol. The van der Waals surface area contributed by atoms with Crippen LogP contribution in [0.5, 0.6) is 5.75 Å². The maximum absolute atomic E-state index is 11.1. The van der Waals surface area contributed by atoms with Gasteiger partial charge in [0.15, 0.2) is 0 Å². The fraction of sp³-hybridized carbons (Fsp3) is 0. The minimum atomic E-state index is 0.248. The number of fused-ring (bicyclic) bond motifs is 1. The third-order valence-corrected chi connectivity index (χ3v) is 4.78. The van der Waals surface area contributed by atoms with Crippen LogP contribution in [0.1, 0.15) is 0 Å². The zero-order valence-corrected chi connectivity index (χ0v) is 15.0. The molecule has 0 fully saturated rings. The minimum Gasteiger partial charge on any atom is -0.507 e. The summed E-state index contributed by atoms with van der Waals surface area (Å²) in [5, 5.41) is 20.3. The smallest absolute Gasteiger partial charge is 0.131 e. The van der Waals surface area contributed by atoms with Crippen LogP contribution < -0.4 is 0 Å². The Labute approximate surface area is 162 Å². The first-order valence-corrected chi connectivity index (χ1v) is 9.10. The number of aromatic hydroxyl groups is 1. The van der Waals surface area contributed by atoms with Gasteiger partial charge in [-0.05, 0) is 35.4 Å². The van der Waals surface area contributed by atoms with Crippen LogP contribution in [0.2, 0.25) is 0 Å². The molecular formula is C24H17N3O. The zero-order valence-electron chi connectivity index (χ0n) is 15.0. The van der Waals surface area contributed by atoms with Crippen LogP contribution in [0.4, 0.5) is 0 Å². The lowest BCUT2D eigenvalue weighted by molar-refractivity contribution is 0.479. The first kappa shape index (κ1) is 16.3. The van der Waals surface area contributed by atoms with Gasteiger partial charge in [0, 0.05) is 11.1 Å². The van der Waals surface area contributed by atoms with Crippen LogP contribution in [0, 0.1) is 0 Å². The summed E-state index contributed by atoms with van der Waals surface area (Å²) in [6, 6.07) is 31.3. The SMILES string of the molecule is Oc1c(-c2ccccc2)cc(-n2nc3ccccc3n2)cc1-c1ccccc1. The number of phenolic OH excluding ortho intramolecular Hbond substituents is 1. The van der Waals surface area contributed by atoms with Crippen molar-refractivity contribution in [1.82, 2.24) is 15.0 Å². The Balaban J connectivity index is 1.77. The molecule has 5 aromatic rings. The van der Waals surface area contributed by atoms with E-state index in [9.17, 15) is 5.11 Å². The second-order valence-corrected chi connectivity index (χ2v) is 6.60. The molecule has 4 aromatic carbocycles. The van der Waals surface area contributed by atoms with Crippen LogP contribution in [0.15, 0.2) is 97.1 Å². The normalized spacial score (nSPS) is 11.0. The molecule has 134 valence electrons. The highest BCUT2D eigenvalue weighted by molar-refractivity contribution is 5.84. The van der Waals surface area contributed by atoms with E-state index in [0.717, 1.165) is 39.0 Å². The van der Waals surface area contributed by atoms with Gasteiger partial charge in [0.1, 0.15) is 16.8 Å². The van der Waals surface area contributed by atoms with Gasteiger partial charge in [-0.1, -0.05) is 72.8 Å². The fourth-order valence-corrected chi connectivity index (χ4v) is 3.39. The largest absolute Gasteiger partial charge is 0.507 e. The zero-order chi connectivity index (χ0) is 18.9. The van der Waals surface area contributed by atoms with Crippen molar-refractivity contribution < 1.29 is 5.11 Å². The van der Waals surface area contributed by atoms with Crippen molar-refractivity contribution in [2.75, 3.05) is 0 Å². The molecule has 0 aliphatic carbocycles. The molecule has 1 N–H and O–H groups in total. The second-order valence-electron chi connectivity index (χ2n) is 6.60. The number of nitrogens with zero attached hydrogens (tertiary/aromatic N) is 3. The summed E-state index contributed by atoms with van der Waals surface area (Å²) in [7, 11) is 0. The number of rotatable bonds is 3. The monoisotopic (exact) mass is 363 g/mol. The van der Waals surface area contributed by atoms with Gasteiger partial charge >= 0.3 is 0 Å². The molecule has 4 heteroatoms. The van der Waals surface area contributed by atoms with Crippen molar-refractivity contribution in [1.29, 1.82) is 0 Å². The summed E-state index contributed by atoms with van der Waals surface area (Å²) in [5.41, 5.74) is 5.84. The number of hydrogen-bond acceptors (Lipinski definition) is 3. The van der Waals surface area contributed by atoms with Crippen LogP contribution in [0.25, 0.3) is 39.0 Å². The molecule has 0 unspecified atom stereocenters. The molecule has 0 amide bonds. The number of benzene rings is 4. The van der Waals surface area contributed by atoms with Gasteiger partial charge in [-0.2, -0.15) is 4.80 Å². The molecular weight excluding hydrogens is 346 g/mol. The highest BCUT2D eigenvalue weighted by atomic mass is 16.3. The summed E-state index contributed by atoms with van der Waals surface area (Å²) >= 11 is 0. The lowest BCUT2D eigenvalue weighted by atomic mass is 9.96. The maximum atomic E-state index is 11.1. The van der Waals surface area contributed by atoms with E-state index in [1.54, 1.807) is 4.80 Å². The molecule has 0 saturated heterocycles. The van der Waals surface area contributed by atoms with E-state index in [-0.39, 0.29) is 5.75 Å². The highest BCUT2D eigenvalue weighted by Gasteiger charge is 2.15. The second kappa shape index (κ2) is 6.67. The summed E-state index contributed by atoms with van der Waals surface area (Å²) in [4.78, 5) is 1.63. The van der Waals surface area contributed by atoms with E-state index in [0.29, 0.717) is 0 Å². The molecule has 28 heavy (non-hydrogen) atoms. The van der Waals surface area contributed by atoms with E-state index >= 15 is 0 Å². The minimum absolute atomic E-state index is 0.248. The molecule has 0 aliphatic heterocycles. The summed E-state index contributed by atoms with van der Waals surface area (Å²) < 4.78 is 0. The van der Waals surface area contributed by atoms with Crippen molar-refractivity contribution in [3.8, 4) is 33.7 Å².